The van der Waals surface area contributed by atoms with Crippen molar-refractivity contribution >= 4 is 28.9 Å². The number of nitro groups is 1. The maximum absolute atomic E-state index is 12.0. The van der Waals surface area contributed by atoms with Crippen LogP contribution in [-0.4, -0.2) is 17.4 Å². The van der Waals surface area contributed by atoms with Crippen LogP contribution in [0.2, 0.25) is 5.02 Å². The van der Waals surface area contributed by atoms with Crippen LogP contribution in [0, 0.1) is 10.1 Å². The number of quaternary nitrogens is 1. The minimum Gasteiger partial charge on any atom is -0.333 e. The molecule has 0 bridgehead atoms. The smallest absolute Gasteiger partial charge is 0.292 e. The Kier molecular flexibility index (Phi) is 5.67. The van der Waals surface area contributed by atoms with Gasteiger partial charge in [0.25, 0.3) is 11.6 Å². The molecule has 0 saturated carbocycles. The number of carbonyl (C=O) groups excluding carboxylic acids is 1. The fourth-order valence-electron chi connectivity index (χ4n) is 2.15. The number of amides is 1. The molecule has 1 amide bonds. The van der Waals surface area contributed by atoms with Gasteiger partial charge in [0.1, 0.15) is 11.7 Å². The summed E-state index contributed by atoms with van der Waals surface area (Å²) in [5.41, 5.74) is 1.03. The number of anilines is 1. The summed E-state index contributed by atoms with van der Waals surface area (Å²) in [6.45, 7) is 2.14. The van der Waals surface area contributed by atoms with Gasteiger partial charge >= 0.3 is 0 Å². The zero-order valence-electron chi connectivity index (χ0n) is 12.5. The lowest BCUT2D eigenvalue weighted by Crippen LogP contribution is -2.86. The largest absolute Gasteiger partial charge is 0.333 e. The molecule has 120 valence electrons. The molecular weight excluding hydrogens is 318 g/mol. The minimum absolute atomic E-state index is 0.105. The second kappa shape index (κ2) is 7.71. The van der Waals surface area contributed by atoms with Crippen LogP contribution in [0.25, 0.3) is 0 Å². The Morgan fingerprint density at radius 2 is 2.00 bits per heavy atom. The van der Waals surface area contributed by atoms with Crippen molar-refractivity contribution in [1.29, 1.82) is 0 Å². The molecule has 0 fully saturated rings. The third-order valence-corrected chi connectivity index (χ3v) is 3.65. The highest BCUT2D eigenvalue weighted by Gasteiger charge is 2.18. The molecule has 0 heterocycles. The van der Waals surface area contributed by atoms with Gasteiger partial charge in [0.05, 0.1) is 4.92 Å². The number of carbonyl (C=O) groups is 1. The number of nitrogens with one attached hydrogen (secondary N) is 1. The molecule has 0 aliphatic heterocycles. The van der Waals surface area contributed by atoms with Gasteiger partial charge in [0.2, 0.25) is 0 Å². The molecule has 0 saturated heterocycles. The summed E-state index contributed by atoms with van der Waals surface area (Å²) in [4.78, 5) is 22.4. The lowest BCUT2D eigenvalue weighted by molar-refractivity contribution is -0.682. The molecular formula is C16H17ClN3O3+. The molecule has 0 aromatic heterocycles. The Hall–Kier alpha value is -2.44. The van der Waals surface area contributed by atoms with Crippen LogP contribution in [0.4, 0.5) is 11.4 Å². The van der Waals surface area contributed by atoms with Crippen molar-refractivity contribution in [2.45, 2.75) is 13.0 Å². The number of rotatable bonds is 6. The fourth-order valence-corrected chi connectivity index (χ4v) is 2.32. The number of benzene rings is 2. The second-order valence-electron chi connectivity index (χ2n) is 5.11. The molecule has 2 aromatic rings. The van der Waals surface area contributed by atoms with Crippen LogP contribution in [0.1, 0.15) is 18.5 Å². The van der Waals surface area contributed by atoms with Crippen molar-refractivity contribution in [2.24, 2.45) is 0 Å². The van der Waals surface area contributed by atoms with Crippen molar-refractivity contribution in [3.8, 4) is 0 Å². The van der Waals surface area contributed by atoms with E-state index in [1.165, 1.54) is 18.2 Å². The van der Waals surface area contributed by atoms with Gasteiger partial charge in [-0.05, 0) is 19.1 Å². The summed E-state index contributed by atoms with van der Waals surface area (Å²) >= 11 is 5.83. The van der Waals surface area contributed by atoms with Gasteiger partial charge in [-0.2, -0.15) is 0 Å². The van der Waals surface area contributed by atoms with E-state index in [0.29, 0.717) is 5.02 Å². The van der Waals surface area contributed by atoms with E-state index in [9.17, 15) is 14.9 Å². The van der Waals surface area contributed by atoms with Crippen LogP contribution < -0.4 is 10.6 Å². The highest BCUT2D eigenvalue weighted by atomic mass is 35.5. The van der Waals surface area contributed by atoms with Crippen LogP contribution in [-0.2, 0) is 4.79 Å². The number of nitro benzene ring substituents is 1. The van der Waals surface area contributed by atoms with Crippen LogP contribution >= 0.6 is 11.6 Å². The van der Waals surface area contributed by atoms with E-state index in [1.807, 2.05) is 42.6 Å². The van der Waals surface area contributed by atoms with Gasteiger partial charge in [-0.15, -0.1) is 0 Å². The summed E-state index contributed by atoms with van der Waals surface area (Å²) in [6, 6.07) is 14.0. The summed E-state index contributed by atoms with van der Waals surface area (Å²) in [5.74, 6) is -0.321. The quantitative estimate of drug-likeness (QED) is 0.628. The predicted octanol–water partition coefficient (Wildman–Crippen LogP) is 2.51. The van der Waals surface area contributed by atoms with Crippen LogP contribution in [0.15, 0.2) is 48.5 Å². The average Bonchev–Trinajstić information content (AvgIpc) is 2.53. The Labute approximate surface area is 138 Å². The van der Waals surface area contributed by atoms with E-state index in [2.05, 4.69) is 5.32 Å². The molecule has 0 spiro atoms. The van der Waals surface area contributed by atoms with Crippen molar-refractivity contribution in [3.63, 3.8) is 0 Å². The number of hydrogen-bond donors (Lipinski definition) is 2. The highest BCUT2D eigenvalue weighted by molar-refractivity contribution is 6.31. The molecule has 2 rings (SSSR count). The summed E-state index contributed by atoms with van der Waals surface area (Å²) < 4.78 is 0. The number of nitrogens with zero attached hydrogens (tertiary/aromatic N) is 1. The Balaban J connectivity index is 1.98. The maximum atomic E-state index is 12.0. The Bertz CT molecular complexity index is 707. The summed E-state index contributed by atoms with van der Waals surface area (Å²) in [6.07, 6.45) is 0. The van der Waals surface area contributed by atoms with Gasteiger partial charge in [-0.3, -0.25) is 14.9 Å². The van der Waals surface area contributed by atoms with Crippen molar-refractivity contribution in [3.05, 3.63) is 69.2 Å². The van der Waals surface area contributed by atoms with Crippen LogP contribution in [0.3, 0.4) is 0 Å². The Morgan fingerprint density at radius 3 is 2.65 bits per heavy atom. The third-order valence-electron chi connectivity index (χ3n) is 3.41. The molecule has 0 aliphatic carbocycles. The normalized spacial score (nSPS) is 11.7. The third kappa shape index (κ3) is 4.77. The number of nitrogens with two attached hydrogens (primary N) is 1. The zero-order chi connectivity index (χ0) is 16.8. The van der Waals surface area contributed by atoms with E-state index in [4.69, 9.17) is 11.6 Å². The van der Waals surface area contributed by atoms with Crippen molar-refractivity contribution in [2.75, 3.05) is 11.9 Å². The van der Waals surface area contributed by atoms with Crippen molar-refractivity contribution < 1.29 is 15.0 Å². The Morgan fingerprint density at radius 1 is 1.30 bits per heavy atom. The molecule has 6 nitrogen and oxygen atoms in total. The van der Waals surface area contributed by atoms with E-state index in [-0.39, 0.29) is 29.9 Å². The molecule has 1 atom stereocenters. The molecule has 7 heteroatoms. The van der Waals surface area contributed by atoms with Gasteiger partial charge < -0.3 is 10.6 Å². The first-order valence-electron chi connectivity index (χ1n) is 7.09. The van der Waals surface area contributed by atoms with Crippen molar-refractivity contribution in [1.82, 2.24) is 0 Å². The molecule has 2 aromatic carbocycles. The number of hydrogen-bond acceptors (Lipinski definition) is 3. The number of halogens is 1. The first-order valence-corrected chi connectivity index (χ1v) is 7.47. The highest BCUT2D eigenvalue weighted by Crippen LogP contribution is 2.27. The lowest BCUT2D eigenvalue weighted by atomic mass is 10.1. The molecule has 0 unspecified atom stereocenters. The SMILES string of the molecule is C[C@H]([NH2+]CC(=O)Nc1cc(Cl)ccc1[N+](=O)[O-])c1ccccc1. The van der Waals surface area contributed by atoms with E-state index in [0.717, 1.165) is 5.56 Å². The second-order valence-corrected chi connectivity index (χ2v) is 5.54. The first-order chi connectivity index (χ1) is 11.0. The molecule has 0 aliphatic rings. The monoisotopic (exact) mass is 334 g/mol. The van der Waals surface area contributed by atoms with Gasteiger partial charge in [-0.1, -0.05) is 41.9 Å². The molecule has 23 heavy (non-hydrogen) atoms. The molecule has 0 radical (unpaired) electrons. The topological polar surface area (TPSA) is 88.8 Å². The minimum atomic E-state index is -0.553. The lowest BCUT2D eigenvalue weighted by Gasteiger charge is -2.11. The standard InChI is InChI=1S/C16H16ClN3O3/c1-11(12-5-3-2-4-6-12)18-10-16(21)19-14-9-13(17)7-8-15(14)20(22)23/h2-9,11,18H,10H2,1H3,(H,19,21)/p+1/t11-/m0/s1. The first kappa shape index (κ1) is 16.9. The van der Waals surface area contributed by atoms with Crippen LogP contribution in [0.5, 0.6) is 0 Å². The predicted molar refractivity (Wildman–Crippen MR) is 88.4 cm³/mol. The van der Waals surface area contributed by atoms with Gasteiger partial charge in [-0.25, -0.2) is 0 Å². The summed E-state index contributed by atoms with van der Waals surface area (Å²) in [5, 5.41) is 15.7. The fraction of sp³-hybridized carbons (Fsp3) is 0.188. The maximum Gasteiger partial charge on any atom is 0.292 e. The zero-order valence-corrected chi connectivity index (χ0v) is 13.3. The van der Waals surface area contributed by atoms with Gasteiger partial charge in [0.15, 0.2) is 6.54 Å². The average molecular weight is 335 g/mol. The summed E-state index contributed by atoms with van der Waals surface area (Å²) in [7, 11) is 0. The van der Waals surface area contributed by atoms with Gasteiger partial charge in [0, 0.05) is 16.7 Å². The van der Waals surface area contributed by atoms with E-state index in [1.54, 1.807) is 0 Å². The van der Waals surface area contributed by atoms with E-state index < -0.39 is 4.92 Å². The van der Waals surface area contributed by atoms with E-state index >= 15 is 0 Å². The molecule has 3 N–H and O–H groups in total.